The molecule has 0 atom stereocenters. The van der Waals surface area contributed by atoms with Crippen molar-refractivity contribution in [2.24, 2.45) is 0 Å². The minimum absolute atomic E-state index is 0.0697. The van der Waals surface area contributed by atoms with Crippen molar-refractivity contribution >= 4 is 17.5 Å². The Kier molecular flexibility index (Phi) is 6.62. The molecule has 0 fully saturated rings. The summed E-state index contributed by atoms with van der Waals surface area (Å²) >= 11 is 0. The summed E-state index contributed by atoms with van der Waals surface area (Å²) in [6.07, 6.45) is 2.17. The summed E-state index contributed by atoms with van der Waals surface area (Å²) in [6, 6.07) is 1.38. The number of carbonyl (C=O) groups is 1. The molecular weight excluding hydrogens is 250 g/mol. The van der Waals surface area contributed by atoms with E-state index in [0.717, 1.165) is 6.42 Å². The average Bonchev–Trinajstić information content (AvgIpc) is 2.39. The average molecular weight is 269 g/mol. The van der Waals surface area contributed by atoms with Crippen molar-refractivity contribution < 1.29 is 19.4 Å². The second-order valence-electron chi connectivity index (χ2n) is 3.86. The highest BCUT2D eigenvalue weighted by Gasteiger charge is 2.11. The largest absolute Gasteiger partial charge is 0.478 e. The maximum Gasteiger partial charge on any atom is 0.339 e. The van der Waals surface area contributed by atoms with Gasteiger partial charge in [0.15, 0.2) is 0 Å². The number of methoxy groups -OCH3 is 1. The maximum atomic E-state index is 11.0. The molecule has 1 rings (SSSR count). The van der Waals surface area contributed by atoms with Gasteiger partial charge in [0.05, 0.1) is 25.1 Å². The quantitative estimate of drug-likeness (QED) is 0.570. The highest BCUT2D eigenvalue weighted by atomic mass is 16.5. The Morgan fingerprint density at radius 1 is 1.47 bits per heavy atom. The van der Waals surface area contributed by atoms with Crippen molar-refractivity contribution in [2.45, 2.75) is 6.42 Å². The van der Waals surface area contributed by atoms with Gasteiger partial charge in [-0.2, -0.15) is 0 Å². The normalized spacial score (nSPS) is 10.4. The van der Waals surface area contributed by atoms with E-state index in [0.29, 0.717) is 37.9 Å². The molecule has 1 heterocycles. The monoisotopic (exact) mass is 269 g/mol. The van der Waals surface area contributed by atoms with Gasteiger partial charge in [-0.3, -0.25) is 0 Å². The Morgan fingerprint density at radius 3 is 2.95 bits per heavy atom. The first kappa shape index (κ1) is 15.2. The molecule has 7 nitrogen and oxygen atoms in total. The standard InChI is InChI=1S/C12H19N3O4/c1-18-5-6-19-4-2-3-14-11-10(12(16)17)7-9(13)8-15-11/h7-8H,2-6,13H2,1H3,(H,14,15)(H,16,17). The van der Waals surface area contributed by atoms with Gasteiger partial charge in [0.1, 0.15) is 11.4 Å². The van der Waals surface area contributed by atoms with Gasteiger partial charge in [-0.25, -0.2) is 9.78 Å². The second kappa shape index (κ2) is 8.28. The first-order chi connectivity index (χ1) is 9.15. The first-order valence-corrected chi connectivity index (χ1v) is 5.94. The smallest absolute Gasteiger partial charge is 0.339 e. The molecule has 0 radical (unpaired) electrons. The maximum absolute atomic E-state index is 11.0. The zero-order chi connectivity index (χ0) is 14.1. The summed E-state index contributed by atoms with van der Waals surface area (Å²) in [5, 5.41) is 12.0. The molecule has 19 heavy (non-hydrogen) atoms. The Hall–Kier alpha value is -1.86. The van der Waals surface area contributed by atoms with Gasteiger partial charge in [-0.1, -0.05) is 0 Å². The lowest BCUT2D eigenvalue weighted by Crippen LogP contribution is -2.12. The summed E-state index contributed by atoms with van der Waals surface area (Å²) in [4.78, 5) is 15.0. The molecule has 0 saturated heterocycles. The van der Waals surface area contributed by atoms with Crippen molar-refractivity contribution in [3.8, 4) is 0 Å². The number of nitrogens with two attached hydrogens (primary N) is 1. The van der Waals surface area contributed by atoms with Crippen LogP contribution < -0.4 is 11.1 Å². The van der Waals surface area contributed by atoms with Crippen LogP contribution in [0.3, 0.4) is 0 Å². The van der Waals surface area contributed by atoms with Gasteiger partial charge in [-0.15, -0.1) is 0 Å². The third-order valence-corrected chi connectivity index (χ3v) is 2.33. The van der Waals surface area contributed by atoms with Crippen LogP contribution in [0.4, 0.5) is 11.5 Å². The molecule has 0 aliphatic rings. The topological polar surface area (TPSA) is 107 Å². The minimum Gasteiger partial charge on any atom is -0.478 e. The number of rotatable bonds is 9. The minimum atomic E-state index is -1.06. The van der Waals surface area contributed by atoms with E-state index in [1.165, 1.54) is 12.3 Å². The molecule has 0 amide bonds. The van der Waals surface area contributed by atoms with Gasteiger partial charge < -0.3 is 25.6 Å². The van der Waals surface area contributed by atoms with Gasteiger partial charge in [0, 0.05) is 20.3 Å². The number of nitrogens with one attached hydrogen (secondary N) is 1. The highest BCUT2D eigenvalue weighted by molar-refractivity contribution is 5.94. The van der Waals surface area contributed by atoms with Crippen molar-refractivity contribution in [1.29, 1.82) is 0 Å². The molecule has 0 aliphatic heterocycles. The molecule has 1 aromatic heterocycles. The Balaban J connectivity index is 2.35. The van der Waals surface area contributed by atoms with Gasteiger partial charge in [0.2, 0.25) is 0 Å². The molecule has 7 heteroatoms. The highest BCUT2D eigenvalue weighted by Crippen LogP contribution is 2.15. The number of ether oxygens (including phenoxy) is 2. The van der Waals surface area contributed by atoms with E-state index in [1.54, 1.807) is 7.11 Å². The van der Waals surface area contributed by atoms with Crippen LogP contribution in [0.1, 0.15) is 16.8 Å². The van der Waals surface area contributed by atoms with Crippen LogP contribution in [0.5, 0.6) is 0 Å². The van der Waals surface area contributed by atoms with Crippen LogP contribution >= 0.6 is 0 Å². The van der Waals surface area contributed by atoms with Gasteiger partial charge in [-0.05, 0) is 12.5 Å². The molecule has 0 aromatic carbocycles. The number of nitrogen functional groups attached to an aromatic ring is 1. The van der Waals surface area contributed by atoms with Crippen LogP contribution in [0.15, 0.2) is 12.3 Å². The lowest BCUT2D eigenvalue weighted by Gasteiger charge is -2.09. The van der Waals surface area contributed by atoms with Crippen LogP contribution in [-0.2, 0) is 9.47 Å². The summed E-state index contributed by atoms with van der Waals surface area (Å²) in [7, 11) is 1.62. The zero-order valence-corrected chi connectivity index (χ0v) is 10.9. The SMILES string of the molecule is COCCOCCCNc1ncc(N)cc1C(=O)O. The zero-order valence-electron chi connectivity index (χ0n) is 10.9. The molecule has 106 valence electrons. The van der Waals surface area contributed by atoms with Crippen LogP contribution in [0, 0.1) is 0 Å². The lowest BCUT2D eigenvalue weighted by molar-refractivity contribution is 0.0697. The number of nitrogens with zero attached hydrogens (tertiary/aromatic N) is 1. The van der Waals surface area contributed by atoms with E-state index in [4.69, 9.17) is 20.3 Å². The van der Waals surface area contributed by atoms with Gasteiger partial charge in [0.25, 0.3) is 0 Å². The molecule has 1 aromatic rings. The third-order valence-electron chi connectivity index (χ3n) is 2.33. The van der Waals surface area contributed by atoms with E-state index in [2.05, 4.69) is 10.3 Å². The molecule has 0 aliphatic carbocycles. The number of anilines is 2. The summed E-state index contributed by atoms with van der Waals surface area (Å²) in [6.45, 7) is 2.27. The molecule has 0 bridgehead atoms. The second-order valence-corrected chi connectivity index (χ2v) is 3.86. The summed E-state index contributed by atoms with van der Waals surface area (Å²) in [5.74, 6) is -0.739. The fourth-order valence-electron chi connectivity index (χ4n) is 1.41. The lowest BCUT2D eigenvalue weighted by atomic mass is 10.2. The molecule has 0 saturated carbocycles. The number of aromatic carboxylic acids is 1. The molecular formula is C12H19N3O4. The number of carboxylic acids is 1. The Labute approximate surface area is 111 Å². The fourth-order valence-corrected chi connectivity index (χ4v) is 1.41. The fraction of sp³-hybridized carbons (Fsp3) is 0.500. The summed E-state index contributed by atoms with van der Waals surface area (Å²) < 4.78 is 10.1. The van der Waals surface area contributed by atoms with Crippen molar-refractivity contribution in [3.05, 3.63) is 17.8 Å². The van der Waals surface area contributed by atoms with E-state index in [1.807, 2.05) is 0 Å². The van der Waals surface area contributed by atoms with Crippen LogP contribution in [0.25, 0.3) is 0 Å². The van der Waals surface area contributed by atoms with E-state index in [-0.39, 0.29) is 5.56 Å². The van der Waals surface area contributed by atoms with Crippen LogP contribution in [0.2, 0.25) is 0 Å². The third kappa shape index (κ3) is 5.54. The Morgan fingerprint density at radius 2 is 2.26 bits per heavy atom. The van der Waals surface area contributed by atoms with E-state index in [9.17, 15) is 4.79 Å². The van der Waals surface area contributed by atoms with Crippen molar-refractivity contribution in [1.82, 2.24) is 4.98 Å². The molecule has 0 unspecified atom stereocenters. The summed E-state index contributed by atoms with van der Waals surface area (Å²) in [5.41, 5.74) is 5.90. The van der Waals surface area contributed by atoms with E-state index >= 15 is 0 Å². The number of hydrogen-bond acceptors (Lipinski definition) is 6. The molecule has 4 N–H and O–H groups in total. The van der Waals surface area contributed by atoms with Crippen LogP contribution in [-0.4, -0.2) is 49.5 Å². The number of carboxylic acid groups (broad SMARTS) is 1. The number of aromatic nitrogens is 1. The van der Waals surface area contributed by atoms with Crippen molar-refractivity contribution in [2.75, 3.05) is 44.5 Å². The van der Waals surface area contributed by atoms with E-state index < -0.39 is 5.97 Å². The number of hydrogen-bond donors (Lipinski definition) is 3. The first-order valence-electron chi connectivity index (χ1n) is 5.94. The van der Waals surface area contributed by atoms with Gasteiger partial charge >= 0.3 is 5.97 Å². The predicted octanol–water partition coefficient (Wildman–Crippen LogP) is 0.827. The Bertz CT molecular complexity index is 412. The van der Waals surface area contributed by atoms with Crippen molar-refractivity contribution in [3.63, 3.8) is 0 Å². The molecule has 0 spiro atoms. The predicted molar refractivity (Wildman–Crippen MR) is 71.4 cm³/mol. The number of pyridine rings is 1.